The van der Waals surface area contributed by atoms with Crippen molar-refractivity contribution in [1.29, 1.82) is 0 Å². The van der Waals surface area contributed by atoms with Crippen LogP contribution in [0.2, 0.25) is 0 Å². The summed E-state index contributed by atoms with van der Waals surface area (Å²) in [7, 11) is 0. The Hall–Kier alpha value is -2.89. The lowest BCUT2D eigenvalue weighted by molar-refractivity contribution is -0.116. The normalized spacial score (nSPS) is 10.7. The number of carbonyl (C=O) groups is 1. The van der Waals surface area contributed by atoms with E-state index in [1.165, 1.54) is 18.2 Å². The fourth-order valence-corrected chi connectivity index (χ4v) is 2.12. The molecule has 0 aliphatic rings. The molecule has 0 aliphatic carbocycles. The average molecular weight is 284 g/mol. The maximum atomic E-state index is 13.1. The van der Waals surface area contributed by atoms with Crippen molar-refractivity contribution in [3.8, 4) is 0 Å². The van der Waals surface area contributed by atoms with Crippen LogP contribution in [-0.4, -0.2) is 15.7 Å². The molecule has 3 aromatic rings. The topological polar surface area (TPSA) is 72.9 Å². The van der Waals surface area contributed by atoms with Crippen LogP contribution in [0.3, 0.4) is 0 Å². The SMILES string of the molecule is Nc1ccc2cnn(CC(=O)Nc3cccc(F)c3)c2c1. The molecule has 106 valence electrons. The molecule has 3 N–H and O–H groups in total. The molecule has 0 saturated heterocycles. The van der Waals surface area contributed by atoms with Gasteiger partial charge < -0.3 is 11.1 Å². The zero-order valence-corrected chi connectivity index (χ0v) is 11.1. The van der Waals surface area contributed by atoms with Gasteiger partial charge in [-0.3, -0.25) is 9.48 Å². The second-order valence-corrected chi connectivity index (χ2v) is 4.68. The van der Waals surface area contributed by atoms with Crippen LogP contribution in [-0.2, 0) is 11.3 Å². The molecule has 0 atom stereocenters. The predicted molar refractivity (Wildman–Crippen MR) is 79.2 cm³/mol. The number of nitrogens with zero attached hydrogens (tertiary/aromatic N) is 2. The van der Waals surface area contributed by atoms with Crippen LogP contribution in [0.25, 0.3) is 10.9 Å². The van der Waals surface area contributed by atoms with E-state index in [2.05, 4.69) is 10.4 Å². The molecule has 0 unspecified atom stereocenters. The van der Waals surface area contributed by atoms with Crippen molar-refractivity contribution in [3.05, 3.63) is 54.5 Å². The number of hydrogen-bond donors (Lipinski definition) is 2. The van der Waals surface area contributed by atoms with E-state index >= 15 is 0 Å². The summed E-state index contributed by atoms with van der Waals surface area (Å²) in [4.78, 5) is 12.0. The first-order valence-corrected chi connectivity index (χ1v) is 6.38. The van der Waals surface area contributed by atoms with Crippen LogP contribution in [0.5, 0.6) is 0 Å². The van der Waals surface area contributed by atoms with Gasteiger partial charge in [0.05, 0.1) is 11.7 Å². The molecule has 1 amide bonds. The number of rotatable bonds is 3. The first-order valence-electron chi connectivity index (χ1n) is 6.38. The van der Waals surface area contributed by atoms with Crippen LogP contribution in [0.1, 0.15) is 0 Å². The van der Waals surface area contributed by atoms with Crippen molar-refractivity contribution in [2.45, 2.75) is 6.54 Å². The lowest BCUT2D eigenvalue weighted by Crippen LogP contribution is -2.19. The van der Waals surface area contributed by atoms with Gasteiger partial charge in [-0.25, -0.2) is 4.39 Å². The number of amides is 1. The molecule has 0 bridgehead atoms. The van der Waals surface area contributed by atoms with Gasteiger partial charge in [0.2, 0.25) is 5.91 Å². The smallest absolute Gasteiger partial charge is 0.246 e. The Morgan fingerprint density at radius 1 is 1.29 bits per heavy atom. The highest BCUT2D eigenvalue weighted by atomic mass is 19.1. The maximum Gasteiger partial charge on any atom is 0.246 e. The minimum absolute atomic E-state index is 0.0312. The molecule has 1 heterocycles. The van der Waals surface area contributed by atoms with E-state index in [9.17, 15) is 9.18 Å². The Labute approximate surface area is 120 Å². The summed E-state index contributed by atoms with van der Waals surface area (Å²) >= 11 is 0. The number of aromatic nitrogens is 2. The largest absolute Gasteiger partial charge is 0.399 e. The lowest BCUT2D eigenvalue weighted by Gasteiger charge is -2.06. The molecular weight excluding hydrogens is 271 g/mol. The van der Waals surface area contributed by atoms with E-state index in [1.54, 1.807) is 29.1 Å². The highest BCUT2D eigenvalue weighted by Gasteiger charge is 2.08. The summed E-state index contributed by atoms with van der Waals surface area (Å²) in [5.41, 5.74) is 7.54. The molecule has 0 fully saturated rings. The van der Waals surface area contributed by atoms with Gasteiger partial charge >= 0.3 is 0 Å². The van der Waals surface area contributed by atoms with Crippen LogP contribution in [0, 0.1) is 5.82 Å². The van der Waals surface area contributed by atoms with Crippen molar-refractivity contribution in [3.63, 3.8) is 0 Å². The number of nitrogens with one attached hydrogen (secondary N) is 1. The molecule has 0 aliphatic heterocycles. The van der Waals surface area contributed by atoms with Crippen LogP contribution in [0.4, 0.5) is 15.8 Å². The Morgan fingerprint density at radius 3 is 2.95 bits per heavy atom. The molecule has 0 spiro atoms. The van der Waals surface area contributed by atoms with Crippen molar-refractivity contribution in [2.75, 3.05) is 11.1 Å². The van der Waals surface area contributed by atoms with Crippen molar-refractivity contribution >= 4 is 28.2 Å². The fourth-order valence-electron chi connectivity index (χ4n) is 2.12. The van der Waals surface area contributed by atoms with E-state index in [4.69, 9.17) is 5.73 Å². The summed E-state index contributed by atoms with van der Waals surface area (Å²) < 4.78 is 14.6. The zero-order valence-electron chi connectivity index (χ0n) is 11.1. The van der Waals surface area contributed by atoms with Gasteiger partial charge in [0.25, 0.3) is 0 Å². The monoisotopic (exact) mass is 284 g/mol. The summed E-state index contributed by atoms with van der Waals surface area (Å²) in [5.74, 6) is -0.682. The van der Waals surface area contributed by atoms with Crippen LogP contribution in [0.15, 0.2) is 48.7 Å². The Bertz CT molecular complexity index is 812. The van der Waals surface area contributed by atoms with Gasteiger partial charge in [-0.15, -0.1) is 0 Å². The summed E-state index contributed by atoms with van der Waals surface area (Å²) in [6.07, 6.45) is 1.67. The highest BCUT2D eigenvalue weighted by Crippen LogP contribution is 2.17. The molecule has 2 aromatic carbocycles. The molecule has 1 aromatic heterocycles. The number of anilines is 2. The molecule has 0 radical (unpaired) electrons. The van der Waals surface area contributed by atoms with Crippen molar-refractivity contribution in [2.24, 2.45) is 0 Å². The lowest BCUT2D eigenvalue weighted by atomic mass is 10.2. The van der Waals surface area contributed by atoms with Crippen molar-refractivity contribution in [1.82, 2.24) is 9.78 Å². The molecular formula is C15H13FN4O. The van der Waals surface area contributed by atoms with E-state index in [-0.39, 0.29) is 12.5 Å². The van der Waals surface area contributed by atoms with Gasteiger partial charge in [-0.05, 0) is 36.4 Å². The minimum Gasteiger partial charge on any atom is -0.399 e. The minimum atomic E-state index is -0.398. The molecule has 3 rings (SSSR count). The van der Waals surface area contributed by atoms with E-state index in [0.717, 1.165) is 10.9 Å². The second kappa shape index (κ2) is 5.24. The summed E-state index contributed by atoms with van der Waals surface area (Å²) in [5, 5.41) is 7.70. The number of nitrogens with two attached hydrogens (primary N) is 1. The van der Waals surface area contributed by atoms with E-state index < -0.39 is 5.82 Å². The third-order valence-electron chi connectivity index (χ3n) is 3.07. The number of carbonyl (C=O) groups excluding carboxylic acids is 1. The standard InChI is InChI=1S/C15H13FN4O/c16-11-2-1-3-13(6-11)19-15(21)9-20-14-7-12(17)5-4-10(14)8-18-20/h1-8H,9,17H2,(H,19,21). The number of halogens is 1. The number of hydrogen-bond acceptors (Lipinski definition) is 3. The van der Waals surface area contributed by atoms with Gasteiger partial charge in [0.15, 0.2) is 0 Å². The molecule has 0 saturated carbocycles. The Kier molecular flexibility index (Phi) is 3.27. The highest BCUT2D eigenvalue weighted by molar-refractivity contribution is 5.92. The number of fused-ring (bicyclic) bond motifs is 1. The third kappa shape index (κ3) is 2.84. The van der Waals surface area contributed by atoms with E-state index in [1.807, 2.05) is 6.07 Å². The number of nitrogen functional groups attached to an aromatic ring is 1. The summed E-state index contributed by atoms with van der Waals surface area (Å²) in [6.45, 7) is 0.0312. The Balaban J connectivity index is 1.79. The maximum absolute atomic E-state index is 13.1. The van der Waals surface area contributed by atoms with Gasteiger partial charge in [0.1, 0.15) is 12.4 Å². The molecule has 21 heavy (non-hydrogen) atoms. The molecule has 6 heteroatoms. The molecule has 5 nitrogen and oxygen atoms in total. The second-order valence-electron chi connectivity index (χ2n) is 4.68. The Morgan fingerprint density at radius 2 is 2.14 bits per heavy atom. The summed E-state index contributed by atoms with van der Waals surface area (Å²) in [6, 6.07) is 11.1. The van der Waals surface area contributed by atoms with Crippen molar-refractivity contribution < 1.29 is 9.18 Å². The van der Waals surface area contributed by atoms with Gasteiger partial charge in [0, 0.05) is 16.8 Å². The first kappa shape index (κ1) is 13.1. The average Bonchev–Trinajstić information content (AvgIpc) is 2.81. The predicted octanol–water partition coefficient (Wildman–Crippen LogP) is 2.40. The first-order chi connectivity index (χ1) is 10.1. The van der Waals surface area contributed by atoms with Gasteiger partial charge in [-0.1, -0.05) is 6.07 Å². The quantitative estimate of drug-likeness (QED) is 0.725. The zero-order chi connectivity index (χ0) is 14.8. The van der Waals surface area contributed by atoms with Crippen LogP contribution >= 0.6 is 0 Å². The fraction of sp³-hybridized carbons (Fsp3) is 0.0667. The number of benzene rings is 2. The van der Waals surface area contributed by atoms with Gasteiger partial charge in [-0.2, -0.15) is 5.10 Å². The third-order valence-corrected chi connectivity index (χ3v) is 3.07. The van der Waals surface area contributed by atoms with E-state index in [0.29, 0.717) is 11.4 Å². The van der Waals surface area contributed by atoms with Crippen LogP contribution < -0.4 is 11.1 Å².